The smallest absolute Gasteiger partial charge is 0.346 e. The summed E-state index contributed by atoms with van der Waals surface area (Å²) < 4.78 is 35.9. The van der Waals surface area contributed by atoms with Crippen LogP contribution in [0.2, 0.25) is 0 Å². The van der Waals surface area contributed by atoms with Gasteiger partial charge in [-0.15, -0.1) is 0 Å². The number of carbonyl (C=O) groups is 1. The van der Waals surface area contributed by atoms with E-state index < -0.39 is 12.6 Å². The van der Waals surface area contributed by atoms with Crippen molar-refractivity contribution in [1.82, 2.24) is 9.80 Å². The molecule has 0 aliphatic rings. The second-order valence-electron chi connectivity index (χ2n) is 4.38. The van der Waals surface area contributed by atoms with Crippen LogP contribution >= 0.6 is 0 Å². The highest BCUT2D eigenvalue weighted by molar-refractivity contribution is 5.76. The molecule has 0 heterocycles. The highest BCUT2D eigenvalue weighted by Crippen LogP contribution is 2.19. The molecule has 0 fully saturated rings. The molecule has 0 bridgehead atoms. The van der Waals surface area contributed by atoms with E-state index in [4.69, 9.17) is 5.73 Å². The van der Waals surface area contributed by atoms with Crippen molar-refractivity contribution in [2.75, 3.05) is 40.3 Å². The maximum absolute atomic E-state index is 12.0. The fourth-order valence-corrected chi connectivity index (χ4v) is 1.36. The van der Waals surface area contributed by atoms with Crippen molar-refractivity contribution in [3.63, 3.8) is 0 Å². The minimum atomic E-state index is -4.14. The maximum Gasteiger partial charge on any atom is 0.390 e. The van der Waals surface area contributed by atoms with E-state index in [1.54, 1.807) is 19.0 Å². The lowest BCUT2D eigenvalue weighted by Crippen LogP contribution is -2.33. The summed E-state index contributed by atoms with van der Waals surface area (Å²) in [6, 6.07) is 0. The van der Waals surface area contributed by atoms with Gasteiger partial charge in [-0.05, 0) is 20.0 Å². The molecule has 0 aromatic rings. The molecule has 2 N–H and O–H groups in total. The van der Waals surface area contributed by atoms with Crippen LogP contribution in [0.25, 0.3) is 0 Å². The lowest BCUT2D eigenvalue weighted by atomic mass is 10.3. The minimum absolute atomic E-state index is 0.0673. The Morgan fingerprint density at radius 1 is 1.17 bits per heavy atom. The molecule has 0 unspecified atom stereocenters. The fourth-order valence-electron chi connectivity index (χ4n) is 1.36. The van der Waals surface area contributed by atoms with Gasteiger partial charge < -0.3 is 15.5 Å². The van der Waals surface area contributed by atoms with Gasteiger partial charge in [-0.3, -0.25) is 4.79 Å². The third-order valence-electron chi connectivity index (χ3n) is 2.61. The number of halogens is 3. The molecule has 0 atom stereocenters. The van der Waals surface area contributed by atoms with Gasteiger partial charge in [-0.1, -0.05) is 0 Å². The van der Waals surface area contributed by atoms with E-state index in [-0.39, 0.29) is 18.9 Å². The van der Waals surface area contributed by atoms with E-state index in [9.17, 15) is 18.0 Å². The molecule has 108 valence electrons. The van der Waals surface area contributed by atoms with E-state index in [1.807, 2.05) is 0 Å². The van der Waals surface area contributed by atoms with Crippen molar-refractivity contribution >= 4 is 5.91 Å². The van der Waals surface area contributed by atoms with Gasteiger partial charge in [-0.25, -0.2) is 0 Å². The molecule has 18 heavy (non-hydrogen) atoms. The number of alkyl halides is 3. The molecular formula is C11H22F3N3O. The van der Waals surface area contributed by atoms with Gasteiger partial charge >= 0.3 is 6.18 Å². The van der Waals surface area contributed by atoms with Crippen LogP contribution in [0.1, 0.15) is 19.3 Å². The van der Waals surface area contributed by atoms with Crippen molar-refractivity contribution in [3.8, 4) is 0 Å². The van der Waals surface area contributed by atoms with Gasteiger partial charge in [0.1, 0.15) is 0 Å². The number of nitrogens with zero attached hydrogens (tertiary/aromatic N) is 2. The van der Waals surface area contributed by atoms with E-state index in [0.717, 1.165) is 6.42 Å². The van der Waals surface area contributed by atoms with E-state index in [2.05, 4.69) is 0 Å². The highest BCUT2D eigenvalue weighted by atomic mass is 19.4. The minimum Gasteiger partial charge on any atom is -0.346 e. The van der Waals surface area contributed by atoms with Gasteiger partial charge in [0.15, 0.2) is 0 Å². The van der Waals surface area contributed by atoms with E-state index >= 15 is 0 Å². The first kappa shape index (κ1) is 17.2. The van der Waals surface area contributed by atoms with Crippen molar-refractivity contribution in [2.24, 2.45) is 5.73 Å². The van der Waals surface area contributed by atoms with Gasteiger partial charge in [0.2, 0.25) is 5.91 Å². The van der Waals surface area contributed by atoms with Crippen LogP contribution in [0.4, 0.5) is 13.2 Å². The summed E-state index contributed by atoms with van der Waals surface area (Å²) in [5.41, 5.74) is 5.33. The van der Waals surface area contributed by atoms with Crippen molar-refractivity contribution in [2.45, 2.75) is 25.4 Å². The normalized spacial score (nSPS) is 11.9. The van der Waals surface area contributed by atoms with Crippen molar-refractivity contribution < 1.29 is 18.0 Å². The zero-order chi connectivity index (χ0) is 14.2. The quantitative estimate of drug-likeness (QED) is 0.717. The molecule has 0 aromatic carbocycles. The summed E-state index contributed by atoms with van der Waals surface area (Å²) in [5.74, 6) is -0.0673. The largest absolute Gasteiger partial charge is 0.390 e. The molecular weight excluding hydrogens is 247 g/mol. The predicted octanol–water partition coefficient (Wildman–Crippen LogP) is 1.07. The van der Waals surface area contributed by atoms with Crippen LogP contribution in [0, 0.1) is 0 Å². The Morgan fingerprint density at radius 3 is 2.28 bits per heavy atom. The zero-order valence-electron chi connectivity index (χ0n) is 11.0. The summed E-state index contributed by atoms with van der Waals surface area (Å²) in [6.45, 7) is 1.36. The Hall–Kier alpha value is -0.820. The fraction of sp³-hybridized carbons (Fsp3) is 0.909. The molecule has 0 spiro atoms. The molecule has 4 nitrogen and oxygen atoms in total. The highest BCUT2D eigenvalue weighted by Gasteiger charge is 2.27. The standard InChI is InChI=1S/C11H22F3N3O/c1-16(9-5-11(12,13)14)8-4-10(18)17(2)7-3-6-15/h3-9,15H2,1-2H3. The van der Waals surface area contributed by atoms with Crippen molar-refractivity contribution in [1.29, 1.82) is 0 Å². The topological polar surface area (TPSA) is 49.6 Å². The van der Waals surface area contributed by atoms with Gasteiger partial charge in [-0.2, -0.15) is 13.2 Å². The lowest BCUT2D eigenvalue weighted by Gasteiger charge is -2.20. The Balaban J connectivity index is 3.77. The Kier molecular flexibility index (Phi) is 7.93. The van der Waals surface area contributed by atoms with Crippen LogP contribution in [-0.4, -0.2) is 62.2 Å². The summed E-state index contributed by atoms with van der Waals surface area (Å²) in [5, 5.41) is 0. The second-order valence-corrected chi connectivity index (χ2v) is 4.38. The summed E-state index contributed by atoms with van der Waals surface area (Å²) in [4.78, 5) is 14.7. The van der Waals surface area contributed by atoms with Crippen LogP contribution < -0.4 is 5.73 Å². The Bertz CT molecular complexity index is 246. The summed E-state index contributed by atoms with van der Waals surface area (Å²) >= 11 is 0. The molecule has 0 rings (SSSR count). The zero-order valence-corrected chi connectivity index (χ0v) is 11.0. The van der Waals surface area contributed by atoms with Crippen LogP contribution in [0.5, 0.6) is 0 Å². The third kappa shape index (κ3) is 9.23. The number of hydrogen-bond acceptors (Lipinski definition) is 3. The first-order valence-electron chi connectivity index (χ1n) is 5.95. The lowest BCUT2D eigenvalue weighted by molar-refractivity contribution is -0.137. The van der Waals surface area contributed by atoms with E-state index in [0.29, 0.717) is 19.6 Å². The maximum atomic E-state index is 12.0. The average molecular weight is 269 g/mol. The van der Waals surface area contributed by atoms with Crippen LogP contribution in [0.3, 0.4) is 0 Å². The molecule has 1 amide bonds. The molecule has 0 aromatic heterocycles. The number of amides is 1. The van der Waals surface area contributed by atoms with Crippen LogP contribution in [0.15, 0.2) is 0 Å². The van der Waals surface area contributed by atoms with Crippen molar-refractivity contribution in [3.05, 3.63) is 0 Å². The summed E-state index contributed by atoms with van der Waals surface area (Å²) in [7, 11) is 3.26. The number of carbonyl (C=O) groups excluding carboxylic acids is 1. The molecule has 0 saturated carbocycles. The molecule has 0 radical (unpaired) electrons. The third-order valence-corrected chi connectivity index (χ3v) is 2.61. The Morgan fingerprint density at radius 2 is 1.78 bits per heavy atom. The van der Waals surface area contributed by atoms with E-state index in [1.165, 1.54) is 4.90 Å². The number of nitrogens with two attached hydrogens (primary N) is 1. The molecule has 0 saturated heterocycles. The number of rotatable bonds is 8. The monoisotopic (exact) mass is 269 g/mol. The first-order chi connectivity index (χ1) is 8.26. The van der Waals surface area contributed by atoms with Gasteiger partial charge in [0.05, 0.1) is 6.42 Å². The predicted molar refractivity (Wildman–Crippen MR) is 64.1 cm³/mol. The second kappa shape index (κ2) is 8.31. The molecule has 0 aliphatic carbocycles. The summed E-state index contributed by atoms with van der Waals surface area (Å²) in [6.07, 6.45) is -4.03. The SMILES string of the molecule is CN(CCC(=O)N(C)CCCN)CCC(F)(F)F. The van der Waals surface area contributed by atoms with Crippen LogP contribution in [-0.2, 0) is 4.79 Å². The first-order valence-corrected chi connectivity index (χ1v) is 5.95. The molecule has 0 aliphatic heterocycles. The van der Waals surface area contributed by atoms with Gasteiger partial charge in [0, 0.05) is 33.1 Å². The Labute approximate surface area is 106 Å². The number of hydrogen-bond donors (Lipinski definition) is 1. The molecule has 7 heteroatoms. The average Bonchev–Trinajstić information content (AvgIpc) is 2.29. The van der Waals surface area contributed by atoms with Gasteiger partial charge in [0.25, 0.3) is 0 Å².